The molecule has 17 heavy (non-hydrogen) atoms. The maximum absolute atomic E-state index is 10.5. The fraction of sp³-hybridized carbons (Fsp3) is 0.545. The molecule has 1 heterocycles. The van der Waals surface area contributed by atoms with E-state index in [1.54, 1.807) is 6.07 Å². The second-order valence-corrected chi connectivity index (χ2v) is 4.26. The largest absolute Gasteiger partial charge is 0.366 e. The van der Waals surface area contributed by atoms with Crippen LogP contribution in [0.2, 0.25) is 0 Å². The maximum atomic E-state index is 10.5. The molecule has 6 heteroatoms. The van der Waals surface area contributed by atoms with E-state index in [0.29, 0.717) is 17.6 Å². The van der Waals surface area contributed by atoms with Gasteiger partial charge in [-0.25, -0.2) is 4.98 Å². The number of rotatable bonds is 6. The normalized spacial score (nSPS) is 14.1. The molecule has 0 aliphatic rings. The second-order valence-electron chi connectivity index (χ2n) is 3.95. The van der Waals surface area contributed by atoms with Gasteiger partial charge in [-0.3, -0.25) is 10.1 Å². The zero-order valence-corrected chi connectivity index (χ0v) is 10.6. The van der Waals surface area contributed by atoms with Crippen molar-refractivity contribution in [3.8, 4) is 0 Å². The van der Waals surface area contributed by atoms with Gasteiger partial charge in [0.1, 0.15) is 12.0 Å². The number of alkyl halides is 1. The molecule has 0 aromatic carbocycles. The Bertz CT molecular complexity index is 369. The highest BCUT2D eigenvalue weighted by molar-refractivity contribution is 6.18. The third-order valence-corrected chi connectivity index (χ3v) is 3.12. The summed E-state index contributed by atoms with van der Waals surface area (Å²) in [6, 6.07) is 3.15. The summed E-state index contributed by atoms with van der Waals surface area (Å²) in [5.41, 5.74) is -0.0125. The molecule has 1 aromatic heterocycles. The lowest BCUT2D eigenvalue weighted by molar-refractivity contribution is -0.385. The van der Waals surface area contributed by atoms with Crippen molar-refractivity contribution in [1.29, 1.82) is 0 Å². The molecule has 1 aromatic rings. The Morgan fingerprint density at radius 2 is 2.29 bits per heavy atom. The summed E-state index contributed by atoms with van der Waals surface area (Å²) in [5, 5.41) is 13.6. The first kappa shape index (κ1) is 13.7. The van der Waals surface area contributed by atoms with Crippen LogP contribution in [0.5, 0.6) is 0 Å². The van der Waals surface area contributed by atoms with Crippen LogP contribution >= 0.6 is 11.6 Å². The quantitative estimate of drug-likeness (QED) is 0.483. The van der Waals surface area contributed by atoms with E-state index in [9.17, 15) is 10.1 Å². The van der Waals surface area contributed by atoms with Crippen LogP contribution in [0, 0.1) is 16.0 Å². The first-order valence-corrected chi connectivity index (χ1v) is 6.04. The predicted molar refractivity (Wildman–Crippen MR) is 68.5 cm³/mol. The molecule has 94 valence electrons. The van der Waals surface area contributed by atoms with Crippen LogP contribution in [-0.2, 0) is 0 Å². The van der Waals surface area contributed by atoms with E-state index in [4.69, 9.17) is 11.6 Å². The average Bonchev–Trinajstić information content (AvgIpc) is 2.35. The smallest absolute Gasteiger partial charge is 0.287 e. The minimum absolute atomic E-state index is 0.0125. The van der Waals surface area contributed by atoms with Gasteiger partial charge < -0.3 is 5.32 Å². The van der Waals surface area contributed by atoms with Crippen LogP contribution in [0.25, 0.3) is 0 Å². The second kappa shape index (κ2) is 6.39. The fourth-order valence-electron chi connectivity index (χ4n) is 1.39. The van der Waals surface area contributed by atoms with Crippen molar-refractivity contribution in [3.05, 3.63) is 28.4 Å². The molecule has 0 aliphatic heterocycles. The van der Waals surface area contributed by atoms with Crippen LogP contribution in [0.1, 0.15) is 20.3 Å². The Morgan fingerprint density at radius 3 is 2.71 bits per heavy atom. The molecule has 5 nitrogen and oxygen atoms in total. The maximum Gasteiger partial charge on any atom is 0.287 e. The van der Waals surface area contributed by atoms with Crippen molar-refractivity contribution >= 4 is 23.1 Å². The van der Waals surface area contributed by atoms with E-state index in [1.807, 2.05) is 0 Å². The number of nitrogens with one attached hydrogen (secondary N) is 1. The lowest BCUT2D eigenvalue weighted by atomic mass is 10.0. The number of nitrogens with zero attached hydrogens (tertiary/aromatic N) is 2. The van der Waals surface area contributed by atoms with Gasteiger partial charge in [0, 0.05) is 18.0 Å². The van der Waals surface area contributed by atoms with E-state index >= 15 is 0 Å². The topological polar surface area (TPSA) is 68.1 Å². The summed E-state index contributed by atoms with van der Waals surface area (Å²) in [6.45, 7) is 4.20. The number of hydrogen-bond donors (Lipinski definition) is 1. The Kier molecular flexibility index (Phi) is 5.15. The zero-order chi connectivity index (χ0) is 12.8. The molecule has 0 bridgehead atoms. The molecular formula is C11H16ClN3O2. The Labute approximate surface area is 105 Å². The Morgan fingerprint density at radius 1 is 1.59 bits per heavy atom. The van der Waals surface area contributed by atoms with Crippen molar-refractivity contribution in [2.75, 3.05) is 11.2 Å². The molecule has 1 rings (SSSR count). The summed E-state index contributed by atoms with van der Waals surface area (Å²) in [7, 11) is 0. The lowest BCUT2D eigenvalue weighted by Crippen LogP contribution is -2.29. The molecule has 0 radical (unpaired) electrons. The van der Waals surface area contributed by atoms with Crippen LogP contribution in [0.3, 0.4) is 0 Å². The summed E-state index contributed by atoms with van der Waals surface area (Å²) in [4.78, 5) is 14.0. The average molecular weight is 258 g/mol. The third-order valence-electron chi connectivity index (χ3n) is 2.79. The SMILES string of the molecule is CCC(C)C(CCl)Nc1ccc([N+](=O)[O-])cn1. The van der Waals surface area contributed by atoms with Gasteiger partial charge in [-0.2, -0.15) is 0 Å². The number of pyridine rings is 1. The summed E-state index contributed by atoms with van der Waals surface area (Å²) in [5.74, 6) is 1.51. The molecule has 1 N–H and O–H groups in total. The Balaban J connectivity index is 2.70. The number of hydrogen-bond acceptors (Lipinski definition) is 4. The first-order valence-electron chi connectivity index (χ1n) is 5.51. The van der Waals surface area contributed by atoms with Gasteiger partial charge >= 0.3 is 0 Å². The van der Waals surface area contributed by atoms with E-state index in [1.165, 1.54) is 12.3 Å². The number of anilines is 1. The van der Waals surface area contributed by atoms with Gasteiger partial charge in [0.2, 0.25) is 0 Å². The molecule has 0 fully saturated rings. The van der Waals surface area contributed by atoms with Gasteiger partial charge in [0.15, 0.2) is 0 Å². The molecule has 0 amide bonds. The van der Waals surface area contributed by atoms with Crippen LogP contribution in [-0.4, -0.2) is 21.8 Å². The molecule has 2 unspecified atom stereocenters. The van der Waals surface area contributed by atoms with E-state index in [2.05, 4.69) is 24.1 Å². The van der Waals surface area contributed by atoms with Gasteiger partial charge in [-0.15, -0.1) is 11.6 Å². The van der Waals surface area contributed by atoms with Gasteiger partial charge in [-0.1, -0.05) is 20.3 Å². The summed E-state index contributed by atoms with van der Waals surface area (Å²) < 4.78 is 0. The predicted octanol–water partition coefficient (Wildman–Crippen LogP) is 3.06. The number of halogens is 1. The minimum Gasteiger partial charge on any atom is -0.366 e. The van der Waals surface area contributed by atoms with Gasteiger partial charge in [-0.05, 0) is 12.0 Å². The Hall–Kier alpha value is -1.36. The van der Waals surface area contributed by atoms with Crippen molar-refractivity contribution in [2.45, 2.75) is 26.3 Å². The van der Waals surface area contributed by atoms with Crippen molar-refractivity contribution in [2.24, 2.45) is 5.92 Å². The highest BCUT2D eigenvalue weighted by Crippen LogP contribution is 2.17. The standard InChI is InChI=1S/C11H16ClN3O2/c1-3-8(2)10(6-12)14-11-5-4-9(7-13-11)15(16)17/h4-5,7-8,10H,3,6H2,1-2H3,(H,13,14). The van der Waals surface area contributed by atoms with E-state index in [-0.39, 0.29) is 11.7 Å². The van der Waals surface area contributed by atoms with E-state index < -0.39 is 4.92 Å². The van der Waals surface area contributed by atoms with Crippen molar-refractivity contribution in [3.63, 3.8) is 0 Å². The molecule has 2 atom stereocenters. The summed E-state index contributed by atoms with van der Waals surface area (Å²) in [6.07, 6.45) is 2.25. The van der Waals surface area contributed by atoms with E-state index in [0.717, 1.165) is 6.42 Å². The van der Waals surface area contributed by atoms with Crippen LogP contribution in [0.15, 0.2) is 18.3 Å². The summed E-state index contributed by atoms with van der Waals surface area (Å²) >= 11 is 5.87. The third kappa shape index (κ3) is 3.85. The lowest BCUT2D eigenvalue weighted by Gasteiger charge is -2.22. The monoisotopic (exact) mass is 257 g/mol. The highest BCUT2D eigenvalue weighted by atomic mass is 35.5. The minimum atomic E-state index is -0.468. The molecule has 0 aliphatic carbocycles. The molecular weight excluding hydrogens is 242 g/mol. The van der Waals surface area contributed by atoms with Gasteiger partial charge in [0.05, 0.1) is 4.92 Å². The fourth-order valence-corrected chi connectivity index (χ4v) is 1.77. The molecule has 0 saturated heterocycles. The first-order chi connectivity index (χ1) is 8.08. The van der Waals surface area contributed by atoms with Crippen LogP contribution < -0.4 is 5.32 Å². The molecule has 0 saturated carbocycles. The van der Waals surface area contributed by atoms with Crippen molar-refractivity contribution < 1.29 is 4.92 Å². The number of aromatic nitrogens is 1. The van der Waals surface area contributed by atoms with Crippen LogP contribution in [0.4, 0.5) is 11.5 Å². The van der Waals surface area contributed by atoms with Crippen molar-refractivity contribution in [1.82, 2.24) is 4.98 Å². The highest BCUT2D eigenvalue weighted by Gasteiger charge is 2.15. The number of nitro groups is 1. The van der Waals surface area contributed by atoms with Gasteiger partial charge in [0.25, 0.3) is 5.69 Å². The molecule has 0 spiro atoms. The zero-order valence-electron chi connectivity index (χ0n) is 9.89.